The largest absolute Gasteiger partial charge is 0.463 e. The lowest BCUT2D eigenvalue weighted by atomic mass is 9.85. The summed E-state index contributed by atoms with van der Waals surface area (Å²) in [6, 6.07) is 0. The molecule has 0 N–H and O–H groups in total. The number of rotatable bonds is 5. The molecule has 0 aromatic carbocycles. The minimum atomic E-state index is -0.696. The molecule has 0 spiro atoms. The van der Waals surface area contributed by atoms with E-state index in [0.717, 1.165) is 18.8 Å². The zero-order valence-electron chi connectivity index (χ0n) is 9.46. The number of ketones is 1. The second-order valence-electron chi connectivity index (χ2n) is 4.31. The molecule has 1 fully saturated rings. The van der Waals surface area contributed by atoms with Crippen LogP contribution in [0.5, 0.6) is 0 Å². The monoisotopic (exact) mass is 212 g/mol. The smallest absolute Gasteiger partial charge is 0.374 e. The Balaban J connectivity index is 2.09. The first-order valence-electron chi connectivity index (χ1n) is 5.85. The number of carbonyl (C=O) groups excluding carboxylic acids is 2. The van der Waals surface area contributed by atoms with Gasteiger partial charge in [0, 0.05) is 6.42 Å². The van der Waals surface area contributed by atoms with Crippen molar-refractivity contribution >= 4 is 11.8 Å². The van der Waals surface area contributed by atoms with Crippen LogP contribution < -0.4 is 0 Å². The van der Waals surface area contributed by atoms with Crippen molar-refractivity contribution in [2.24, 2.45) is 5.92 Å². The van der Waals surface area contributed by atoms with Gasteiger partial charge in [0.25, 0.3) is 0 Å². The molecule has 0 aromatic heterocycles. The highest BCUT2D eigenvalue weighted by Crippen LogP contribution is 2.27. The number of methoxy groups -OCH3 is 1. The number of Topliss-reactive ketones (excluding diaryl/α,β-unsaturated/α-hetero) is 1. The van der Waals surface area contributed by atoms with Crippen LogP contribution >= 0.6 is 0 Å². The molecule has 0 atom stereocenters. The third-order valence-corrected chi connectivity index (χ3v) is 3.15. The minimum Gasteiger partial charge on any atom is -0.463 e. The summed E-state index contributed by atoms with van der Waals surface area (Å²) in [5.74, 6) is -0.295. The highest BCUT2D eigenvalue weighted by atomic mass is 16.5. The van der Waals surface area contributed by atoms with Gasteiger partial charge in [0.2, 0.25) is 5.78 Å². The fraction of sp³-hybridized carbons (Fsp3) is 0.833. The first-order valence-corrected chi connectivity index (χ1v) is 5.85. The summed E-state index contributed by atoms with van der Waals surface area (Å²) in [5, 5.41) is 0. The normalized spacial score (nSPS) is 17.4. The molecule has 1 aliphatic carbocycles. The van der Waals surface area contributed by atoms with Gasteiger partial charge < -0.3 is 4.74 Å². The molecular weight excluding hydrogens is 192 g/mol. The van der Waals surface area contributed by atoms with Gasteiger partial charge in [0.15, 0.2) is 0 Å². The number of hydrogen-bond donors (Lipinski definition) is 0. The van der Waals surface area contributed by atoms with Gasteiger partial charge in [-0.15, -0.1) is 0 Å². The first-order chi connectivity index (χ1) is 7.24. The number of carbonyl (C=O) groups is 2. The summed E-state index contributed by atoms with van der Waals surface area (Å²) in [4.78, 5) is 22.0. The van der Waals surface area contributed by atoms with Crippen LogP contribution in [-0.2, 0) is 14.3 Å². The van der Waals surface area contributed by atoms with Gasteiger partial charge in [0.05, 0.1) is 7.11 Å². The van der Waals surface area contributed by atoms with E-state index in [4.69, 9.17) is 0 Å². The average Bonchev–Trinajstić information content (AvgIpc) is 2.29. The van der Waals surface area contributed by atoms with Gasteiger partial charge in [0.1, 0.15) is 0 Å². The van der Waals surface area contributed by atoms with Crippen molar-refractivity contribution in [3.8, 4) is 0 Å². The Kier molecular flexibility index (Phi) is 5.37. The molecule has 1 aliphatic rings. The highest BCUT2D eigenvalue weighted by Gasteiger charge is 2.16. The lowest BCUT2D eigenvalue weighted by Crippen LogP contribution is -2.15. The van der Waals surface area contributed by atoms with E-state index in [1.54, 1.807) is 0 Å². The lowest BCUT2D eigenvalue weighted by molar-refractivity contribution is -0.151. The summed E-state index contributed by atoms with van der Waals surface area (Å²) in [6.45, 7) is 0. The Morgan fingerprint density at radius 1 is 1.20 bits per heavy atom. The van der Waals surface area contributed by atoms with E-state index < -0.39 is 5.97 Å². The fourth-order valence-electron chi connectivity index (χ4n) is 2.24. The molecule has 0 radical (unpaired) electrons. The van der Waals surface area contributed by atoms with Crippen molar-refractivity contribution in [3.63, 3.8) is 0 Å². The van der Waals surface area contributed by atoms with Crippen LogP contribution in [0.1, 0.15) is 51.4 Å². The third-order valence-electron chi connectivity index (χ3n) is 3.15. The van der Waals surface area contributed by atoms with Crippen LogP contribution in [0.15, 0.2) is 0 Å². The maximum atomic E-state index is 11.1. The molecule has 3 heteroatoms. The van der Waals surface area contributed by atoms with E-state index in [-0.39, 0.29) is 5.78 Å². The Morgan fingerprint density at radius 3 is 2.47 bits per heavy atom. The molecule has 3 nitrogen and oxygen atoms in total. The quantitative estimate of drug-likeness (QED) is 0.519. The van der Waals surface area contributed by atoms with Gasteiger partial charge >= 0.3 is 5.97 Å². The van der Waals surface area contributed by atoms with Crippen molar-refractivity contribution in [2.45, 2.75) is 51.4 Å². The van der Waals surface area contributed by atoms with Crippen molar-refractivity contribution in [3.05, 3.63) is 0 Å². The summed E-state index contributed by atoms with van der Waals surface area (Å²) in [5.41, 5.74) is 0. The second kappa shape index (κ2) is 6.59. The lowest BCUT2D eigenvalue weighted by Gasteiger charge is -2.20. The molecule has 0 saturated heterocycles. The fourth-order valence-corrected chi connectivity index (χ4v) is 2.24. The first kappa shape index (κ1) is 12.2. The Labute approximate surface area is 91.2 Å². The molecule has 0 heterocycles. The van der Waals surface area contributed by atoms with Gasteiger partial charge in [-0.2, -0.15) is 0 Å². The van der Waals surface area contributed by atoms with Crippen molar-refractivity contribution < 1.29 is 14.3 Å². The molecule has 0 unspecified atom stereocenters. The summed E-state index contributed by atoms with van der Waals surface area (Å²) >= 11 is 0. The molecule has 0 aliphatic heterocycles. The van der Waals surface area contributed by atoms with Gasteiger partial charge in [-0.05, 0) is 12.3 Å². The summed E-state index contributed by atoms with van der Waals surface area (Å²) < 4.78 is 4.37. The Hall–Kier alpha value is -0.860. The third kappa shape index (κ3) is 4.45. The van der Waals surface area contributed by atoms with E-state index in [9.17, 15) is 9.59 Å². The molecule has 86 valence electrons. The van der Waals surface area contributed by atoms with Gasteiger partial charge in [-0.3, -0.25) is 4.79 Å². The number of hydrogen-bond acceptors (Lipinski definition) is 3. The summed E-state index contributed by atoms with van der Waals surface area (Å²) in [6.07, 6.45) is 8.88. The predicted molar refractivity (Wildman–Crippen MR) is 57.4 cm³/mol. The van der Waals surface area contributed by atoms with Crippen LogP contribution in [0.3, 0.4) is 0 Å². The van der Waals surface area contributed by atoms with Crippen LogP contribution in [0.4, 0.5) is 0 Å². The van der Waals surface area contributed by atoms with Gasteiger partial charge in [-0.25, -0.2) is 4.79 Å². The molecule has 0 amide bonds. The molecule has 0 bridgehead atoms. The van der Waals surface area contributed by atoms with Crippen molar-refractivity contribution in [2.75, 3.05) is 7.11 Å². The SMILES string of the molecule is COC(=O)C(=O)CCCC1CCCCC1. The molecular formula is C12H20O3. The molecule has 0 aromatic rings. The molecule has 1 saturated carbocycles. The zero-order chi connectivity index (χ0) is 11.1. The Morgan fingerprint density at radius 2 is 1.87 bits per heavy atom. The van der Waals surface area contributed by atoms with Gasteiger partial charge in [-0.1, -0.05) is 38.5 Å². The average molecular weight is 212 g/mol. The number of esters is 1. The van der Waals surface area contributed by atoms with E-state index in [0.29, 0.717) is 6.42 Å². The van der Waals surface area contributed by atoms with E-state index in [1.807, 2.05) is 0 Å². The van der Waals surface area contributed by atoms with E-state index >= 15 is 0 Å². The maximum Gasteiger partial charge on any atom is 0.374 e. The van der Waals surface area contributed by atoms with Crippen LogP contribution in [0, 0.1) is 5.92 Å². The molecule has 15 heavy (non-hydrogen) atoms. The summed E-state index contributed by atoms with van der Waals surface area (Å²) in [7, 11) is 1.25. The Bertz CT molecular complexity index is 217. The van der Waals surface area contributed by atoms with E-state index in [1.165, 1.54) is 39.2 Å². The second-order valence-corrected chi connectivity index (χ2v) is 4.31. The maximum absolute atomic E-state index is 11.1. The minimum absolute atomic E-state index is 0.350. The predicted octanol–water partition coefficient (Wildman–Crippen LogP) is 2.48. The number of ether oxygens (including phenoxy) is 1. The molecule has 1 rings (SSSR count). The van der Waals surface area contributed by atoms with Crippen molar-refractivity contribution in [1.29, 1.82) is 0 Å². The van der Waals surface area contributed by atoms with Crippen LogP contribution in [0.25, 0.3) is 0 Å². The van der Waals surface area contributed by atoms with E-state index in [2.05, 4.69) is 4.74 Å². The standard InChI is InChI=1S/C12H20O3/c1-15-12(14)11(13)9-5-8-10-6-3-2-4-7-10/h10H,2-9H2,1H3. The zero-order valence-corrected chi connectivity index (χ0v) is 9.46. The van der Waals surface area contributed by atoms with Crippen LogP contribution in [-0.4, -0.2) is 18.9 Å². The highest BCUT2D eigenvalue weighted by molar-refractivity contribution is 6.33. The van der Waals surface area contributed by atoms with Crippen molar-refractivity contribution in [1.82, 2.24) is 0 Å². The topological polar surface area (TPSA) is 43.4 Å². The van der Waals surface area contributed by atoms with Crippen LogP contribution in [0.2, 0.25) is 0 Å².